The molecule has 2 aromatic carbocycles. The smallest absolute Gasteiger partial charge is 0.191 e. The fourth-order valence-corrected chi connectivity index (χ4v) is 2.66. The van der Waals surface area contributed by atoms with E-state index < -0.39 is 0 Å². The third-order valence-electron chi connectivity index (χ3n) is 4.33. The van der Waals surface area contributed by atoms with E-state index in [4.69, 9.17) is 0 Å². The van der Waals surface area contributed by atoms with Gasteiger partial charge >= 0.3 is 0 Å². The first-order chi connectivity index (χ1) is 12.1. The number of anilines is 1. The molecule has 26 heavy (non-hydrogen) atoms. The van der Waals surface area contributed by atoms with Gasteiger partial charge in [0.1, 0.15) is 0 Å². The second-order valence-electron chi connectivity index (χ2n) is 6.50. The lowest BCUT2D eigenvalue weighted by molar-refractivity contribution is 0.698. The normalized spacial score (nSPS) is 12.1. The second-order valence-corrected chi connectivity index (χ2v) is 6.50. The predicted octanol–water partition coefficient (Wildman–Crippen LogP) is 3.88. The molecule has 0 aliphatic heterocycles. The Kier molecular flexibility index (Phi) is 10.1. The first-order valence-electron chi connectivity index (χ1n) is 8.86. The zero-order chi connectivity index (χ0) is 18.1. The average molecular weight is 466 g/mol. The topological polar surface area (TPSA) is 39.7 Å². The Morgan fingerprint density at radius 2 is 1.65 bits per heavy atom. The summed E-state index contributed by atoms with van der Waals surface area (Å²) in [6, 6.07) is 19.2. The lowest BCUT2D eigenvalue weighted by atomic mass is 10.0. The minimum atomic E-state index is 0. The van der Waals surface area contributed by atoms with Crippen LogP contribution in [0.4, 0.5) is 5.69 Å². The van der Waals surface area contributed by atoms with Crippen LogP contribution in [0.25, 0.3) is 0 Å². The van der Waals surface area contributed by atoms with Gasteiger partial charge in [-0.05, 0) is 35.6 Å². The van der Waals surface area contributed by atoms with Gasteiger partial charge in [-0.3, -0.25) is 4.99 Å². The van der Waals surface area contributed by atoms with Crippen molar-refractivity contribution in [2.75, 3.05) is 39.1 Å². The number of benzene rings is 2. The highest BCUT2D eigenvalue weighted by atomic mass is 127. The van der Waals surface area contributed by atoms with E-state index in [0.717, 1.165) is 25.5 Å². The van der Waals surface area contributed by atoms with Crippen LogP contribution in [0.2, 0.25) is 0 Å². The van der Waals surface area contributed by atoms with Gasteiger partial charge in [-0.15, -0.1) is 24.0 Å². The van der Waals surface area contributed by atoms with Crippen LogP contribution in [0.3, 0.4) is 0 Å². The summed E-state index contributed by atoms with van der Waals surface area (Å²) >= 11 is 0. The van der Waals surface area contributed by atoms with Gasteiger partial charge in [-0.1, -0.05) is 49.4 Å². The Hall–Kier alpha value is -1.76. The maximum Gasteiger partial charge on any atom is 0.191 e. The van der Waals surface area contributed by atoms with Gasteiger partial charge in [0.15, 0.2) is 5.96 Å². The van der Waals surface area contributed by atoms with Crippen molar-refractivity contribution in [3.63, 3.8) is 0 Å². The van der Waals surface area contributed by atoms with E-state index in [-0.39, 0.29) is 24.0 Å². The Labute approximate surface area is 175 Å². The Morgan fingerprint density at radius 1 is 1.00 bits per heavy atom. The summed E-state index contributed by atoms with van der Waals surface area (Å²) in [6.45, 7) is 3.95. The summed E-state index contributed by atoms with van der Waals surface area (Å²) < 4.78 is 0. The number of rotatable bonds is 7. The van der Waals surface area contributed by atoms with Crippen LogP contribution in [-0.2, 0) is 6.42 Å². The van der Waals surface area contributed by atoms with E-state index in [1.165, 1.54) is 16.8 Å². The van der Waals surface area contributed by atoms with Crippen LogP contribution in [0, 0.1) is 0 Å². The highest BCUT2D eigenvalue weighted by Crippen LogP contribution is 2.13. The minimum Gasteiger partial charge on any atom is -0.378 e. The number of hydrogen-bond donors (Lipinski definition) is 2. The molecule has 0 aromatic heterocycles. The molecule has 0 aliphatic rings. The number of aliphatic imine (C=N–C) groups is 1. The van der Waals surface area contributed by atoms with Crippen LogP contribution in [0.15, 0.2) is 59.6 Å². The van der Waals surface area contributed by atoms with Crippen LogP contribution in [0.1, 0.15) is 24.0 Å². The molecule has 0 heterocycles. The largest absolute Gasteiger partial charge is 0.378 e. The van der Waals surface area contributed by atoms with Gasteiger partial charge < -0.3 is 15.5 Å². The first-order valence-corrected chi connectivity index (χ1v) is 8.86. The molecule has 0 radical (unpaired) electrons. The van der Waals surface area contributed by atoms with E-state index in [1.807, 2.05) is 7.05 Å². The molecule has 1 atom stereocenters. The molecule has 2 rings (SSSR count). The molecular weight excluding hydrogens is 435 g/mol. The molecule has 0 bridgehead atoms. The van der Waals surface area contributed by atoms with E-state index in [2.05, 4.69) is 96.1 Å². The molecule has 5 heteroatoms. The minimum absolute atomic E-state index is 0. The van der Waals surface area contributed by atoms with Crippen molar-refractivity contribution < 1.29 is 0 Å². The van der Waals surface area contributed by atoms with E-state index in [0.29, 0.717) is 5.92 Å². The predicted molar refractivity (Wildman–Crippen MR) is 124 cm³/mol. The molecule has 142 valence electrons. The third kappa shape index (κ3) is 7.23. The first kappa shape index (κ1) is 22.3. The zero-order valence-corrected chi connectivity index (χ0v) is 18.5. The summed E-state index contributed by atoms with van der Waals surface area (Å²) in [5.74, 6) is 1.30. The highest BCUT2D eigenvalue weighted by Gasteiger charge is 2.06. The molecule has 0 saturated heterocycles. The lowest BCUT2D eigenvalue weighted by Gasteiger charge is -2.16. The maximum atomic E-state index is 4.31. The quantitative estimate of drug-likeness (QED) is 0.370. The zero-order valence-electron chi connectivity index (χ0n) is 16.2. The number of halogens is 1. The molecule has 2 N–H and O–H groups in total. The summed E-state index contributed by atoms with van der Waals surface area (Å²) in [7, 11) is 5.93. The van der Waals surface area contributed by atoms with Gasteiger partial charge in [0.2, 0.25) is 0 Å². The molecular formula is C21H31IN4. The second kappa shape index (κ2) is 11.8. The molecule has 0 amide bonds. The van der Waals surface area contributed by atoms with Crippen LogP contribution >= 0.6 is 24.0 Å². The molecule has 0 fully saturated rings. The number of hydrogen-bond acceptors (Lipinski definition) is 2. The van der Waals surface area contributed by atoms with Gasteiger partial charge in [-0.2, -0.15) is 0 Å². The molecule has 1 unspecified atom stereocenters. The van der Waals surface area contributed by atoms with E-state index in [9.17, 15) is 0 Å². The molecule has 0 spiro atoms. The van der Waals surface area contributed by atoms with Crippen molar-refractivity contribution in [1.82, 2.24) is 10.6 Å². The average Bonchev–Trinajstić information content (AvgIpc) is 2.65. The summed E-state index contributed by atoms with van der Waals surface area (Å²) in [5.41, 5.74) is 3.89. The Morgan fingerprint density at radius 3 is 2.23 bits per heavy atom. The van der Waals surface area contributed by atoms with Crippen molar-refractivity contribution in [3.8, 4) is 0 Å². The van der Waals surface area contributed by atoms with Gasteiger partial charge in [0.25, 0.3) is 0 Å². The molecule has 0 aliphatic carbocycles. The van der Waals surface area contributed by atoms with Crippen molar-refractivity contribution >= 4 is 35.6 Å². The molecule has 4 nitrogen and oxygen atoms in total. The summed E-state index contributed by atoms with van der Waals surface area (Å²) in [4.78, 5) is 6.42. The fourth-order valence-electron chi connectivity index (χ4n) is 2.66. The van der Waals surface area contributed by atoms with E-state index in [1.54, 1.807) is 0 Å². The summed E-state index contributed by atoms with van der Waals surface area (Å²) in [6.07, 6.45) is 0.975. The maximum absolute atomic E-state index is 4.31. The lowest BCUT2D eigenvalue weighted by Crippen LogP contribution is -2.39. The standard InChI is InChI=1S/C21H30N4.HI/c1-17(19-8-6-5-7-9-19)16-24-21(22-2)23-15-14-18-10-12-20(13-11-18)25(3)4;/h5-13,17H,14-16H2,1-4H3,(H2,22,23,24);1H. The third-order valence-corrected chi connectivity index (χ3v) is 4.33. The summed E-state index contributed by atoms with van der Waals surface area (Å²) in [5, 5.41) is 6.80. The highest BCUT2D eigenvalue weighted by molar-refractivity contribution is 14.0. The number of nitrogens with one attached hydrogen (secondary N) is 2. The van der Waals surface area contributed by atoms with Crippen LogP contribution in [0.5, 0.6) is 0 Å². The number of guanidine groups is 1. The van der Waals surface area contributed by atoms with Crippen molar-refractivity contribution in [2.24, 2.45) is 4.99 Å². The fraction of sp³-hybridized carbons (Fsp3) is 0.381. The van der Waals surface area contributed by atoms with Crippen LogP contribution in [-0.4, -0.2) is 40.2 Å². The Bertz CT molecular complexity index is 653. The van der Waals surface area contributed by atoms with Crippen LogP contribution < -0.4 is 15.5 Å². The van der Waals surface area contributed by atoms with Crippen molar-refractivity contribution in [2.45, 2.75) is 19.3 Å². The monoisotopic (exact) mass is 466 g/mol. The van der Waals surface area contributed by atoms with E-state index >= 15 is 0 Å². The Balaban J connectivity index is 0.00000338. The van der Waals surface area contributed by atoms with Crippen molar-refractivity contribution in [3.05, 3.63) is 65.7 Å². The van der Waals surface area contributed by atoms with Gasteiger partial charge in [0, 0.05) is 39.9 Å². The van der Waals surface area contributed by atoms with Crippen molar-refractivity contribution in [1.29, 1.82) is 0 Å². The number of nitrogens with zero attached hydrogens (tertiary/aromatic N) is 2. The molecule has 2 aromatic rings. The molecule has 0 saturated carbocycles. The van der Waals surface area contributed by atoms with Gasteiger partial charge in [-0.25, -0.2) is 0 Å². The SMILES string of the molecule is CN=C(NCCc1ccc(N(C)C)cc1)NCC(C)c1ccccc1.I. The van der Waals surface area contributed by atoms with Gasteiger partial charge in [0.05, 0.1) is 0 Å².